The Kier molecular flexibility index (Phi) is 9.29. The normalized spacial score (nSPS) is 14.1. The molecular weight excluding hydrogens is 444 g/mol. The van der Waals surface area contributed by atoms with Gasteiger partial charge in [0.15, 0.2) is 0 Å². The highest BCUT2D eigenvalue weighted by molar-refractivity contribution is 5.83. The summed E-state index contributed by atoms with van der Waals surface area (Å²) in [7, 11) is 0. The van der Waals surface area contributed by atoms with Crippen LogP contribution in [0, 0.1) is 11.8 Å². The molecule has 0 fully saturated rings. The summed E-state index contributed by atoms with van der Waals surface area (Å²) in [5.41, 5.74) is 4.73. The Hall–Kier alpha value is -3.35. The van der Waals surface area contributed by atoms with Crippen LogP contribution in [0.3, 0.4) is 0 Å². The van der Waals surface area contributed by atoms with Crippen molar-refractivity contribution in [3.63, 3.8) is 0 Å². The topological polar surface area (TPSA) is 105 Å². The fourth-order valence-electron chi connectivity index (χ4n) is 4.74. The van der Waals surface area contributed by atoms with E-state index in [-0.39, 0.29) is 30.8 Å². The van der Waals surface area contributed by atoms with Gasteiger partial charge in [-0.2, -0.15) is 0 Å². The minimum atomic E-state index is -1.02. The van der Waals surface area contributed by atoms with Crippen molar-refractivity contribution >= 4 is 18.0 Å². The second kappa shape index (κ2) is 12.4. The number of alkyl carbamates (subject to hydrolysis) is 1. The fraction of sp³-hybridized carbons (Fsp3) is 0.464. The van der Waals surface area contributed by atoms with E-state index in [1.165, 1.54) is 22.3 Å². The zero-order chi connectivity index (χ0) is 25.4. The van der Waals surface area contributed by atoms with Crippen LogP contribution in [-0.2, 0) is 14.3 Å². The summed E-state index contributed by atoms with van der Waals surface area (Å²) in [6.45, 7) is 6.62. The number of ether oxygens (including phenoxy) is 1. The first kappa shape index (κ1) is 26.3. The van der Waals surface area contributed by atoms with Gasteiger partial charge in [0.25, 0.3) is 0 Å². The SMILES string of the molecule is CCC(NC(=O)CCC(CCNC(=O)OCC1c2ccccc2-c2ccccc21)C(C)C)C(=O)O. The molecule has 2 aromatic carbocycles. The van der Waals surface area contributed by atoms with Crippen LogP contribution in [0.15, 0.2) is 48.5 Å². The number of rotatable bonds is 12. The second-order valence-corrected chi connectivity index (χ2v) is 9.45. The van der Waals surface area contributed by atoms with Crippen molar-refractivity contribution in [2.24, 2.45) is 11.8 Å². The highest BCUT2D eigenvalue weighted by Gasteiger charge is 2.29. The standard InChI is InChI=1S/C28H36N2O5/c1-4-25(27(32)33)30-26(31)14-13-19(18(2)3)15-16-29-28(34)35-17-24-22-11-7-5-9-20(22)21-10-6-8-12-23(21)24/h5-12,18-19,24-25H,4,13-17H2,1-3H3,(H,29,34)(H,30,31)(H,32,33). The summed E-state index contributed by atoms with van der Waals surface area (Å²) < 4.78 is 5.59. The summed E-state index contributed by atoms with van der Waals surface area (Å²) in [5.74, 6) is -0.705. The van der Waals surface area contributed by atoms with Gasteiger partial charge < -0.3 is 20.5 Å². The maximum atomic E-state index is 12.4. The summed E-state index contributed by atoms with van der Waals surface area (Å²) in [5, 5.41) is 14.5. The van der Waals surface area contributed by atoms with Crippen molar-refractivity contribution in [3.05, 3.63) is 59.7 Å². The highest BCUT2D eigenvalue weighted by Crippen LogP contribution is 2.44. The molecule has 2 unspecified atom stereocenters. The lowest BCUT2D eigenvalue weighted by Crippen LogP contribution is -2.40. The third-order valence-electron chi connectivity index (χ3n) is 6.85. The number of aliphatic carboxylic acids is 1. The molecule has 35 heavy (non-hydrogen) atoms. The molecule has 2 atom stereocenters. The van der Waals surface area contributed by atoms with Gasteiger partial charge >= 0.3 is 12.1 Å². The molecule has 0 saturated carbocycles. The van der Waals surface area contributed by atoms with Gasteiger partial charge in [0.05, 0.1) is 0 Å². The van der Waals surface area contributed by atoms with Crippen LogP contribution in [0.5, 0.6) is 0 Å². The van der Waals surface area contributed by atoms with Crippen LogP contribution in [-0.4, -0.2) is 42.3 Å². The molecule has 0 aromatic heterocycles. The van der Waals surface area contributed by atoms with Gasteiger partial charge in [0, 0.05) is 18.9 Å². The third kappa shape index (κ3) is 6.84. The lowest BCUT2D eigenvalue weighted by Gasteiger charge is -2.21. The van der Waals surface area contributed by atoms with E-state index >= 15 is 0 Å². The van der Waals surface area contributed by atoms with E-state index in [0.29, 0.717) is 31.7 Å². The molecule has 3 rings (SSSR count). The smallest absolute Gasteiger partial charge is 0.407 e. The van der Waals surface area contributed by atoms with E-state index < -0.39 is 18.1 Å². The molecule has 2 amide bonds. The minimum Gasteiger partial charge on any atom is -0.480 e. The lowest BCUT2D eigenvalue weighted by molar-refractivity contribution is -0.141. The number of carboxylic acids is 1. The zero-order valence-electron chi connectivity index (χ0n) is 20.8. The van der Waals surface area contributed by atoms with Gasteiger partial charge in [-0.25, -0.2) is 9.59 Å². The van der Waals surface area contributed by atoms with Crippen LogP contribution in [0.1, 0.15) is 63.5 Å². The number of hydrogen-bond acceptors (Lipinski definition) is 4. The van der Waals surface area contributed by atoms with Gasteiger partial charge in [0.1, 0.15) is 12.6 Å². The van der Waals surface area contributed by atoms with E-state index in [9.17, 15) is 14.4 Å². The number of amides is 2. The predicted octanol–water partition coefficient (Wildman–Crippen LogP) is 4.95. The quantitative estimate of drug-likeness (QED) is 0.399. The van der Waals surface area contributed by atoms with Crippen LogP contribution < -0.4 is 10.6 Å². The molecule has 188 valence electrons. The van der Waals surface area contributed by atoms with E-state index in [2.05, 4.69) is 48.7 Å². The summed E-state index contributed by atoms with van der Waals surface area (Å²) >= 11 is 0. The molecule has 0 spiro atoms. The van der Waals surface area contributed by atoms with Crippen molar-refractivity contribution in [1.82, 2.24) is 10.6 Å². The molecule has 0 aliphatic heterocycles. The number of carbonyl (C=O) groups excluding carboxylic acids is 2. The van der Waals surface area contributed by atoms with Gasteiger partial charge in [-0.1, -0.05) is 69.3 Å². The molecule has 0 bridgehead atoms. The maximum absolute atomic E-state index is 12.4. The van der Waals surface area contributed by atoms with E-state index in [1.54, 1.807) is 6.92 Å². The van der Waals surface area contributed by atoms with Crippen molar-refractivity contribution in [2.45, 2.75) is 58.4 Å². The minimum absolute atomic E-state index is 0.0211. The molecular formula is C28H36N2O5. The number of nitrogens with one attached hydrogen (secondary N) is 2. The fourth-order valence-corrected chi connectivity index (χ4v) is 4.74. The monoisotopic (exact) mass is 480 g/mol. The number of benzene rings is 2. The molecule has 1 aliphatic carbocycles. The van der Waals surface area contributed by atoms with Crippen LogP contribution >= 0.6 is 0 Å². The van der Waals surface area contributed by atoms with Crippen LogP contribution in [0.25, 0.3) is 11.1 Å². The van der Waals surface area contributed by atoms with Crippen molar-refractivity contribution < 1.29 is 24.2 Å². The number of hydrogen-bond donors (Lipinski definition) is 3. The zero-order valence-corrected chi connectivity index (χ0v) is 20.8. The number of carbonyl (C=O) groups is 3. The molecule has 0 saturated heterocycles. The first-order valence-electron chi connectivity index (χ1n) is 12.4. The maximum Gasteiger partial charge on any atom is 0.407 e. The predicted molar refractivity (Wildman–Crippen MR) is 135 cm³/mol. The summed E-state index contributed by atoms with van der Waals surface area (Å²) in [6.07, 6.45) is 1.51. The second-order valence-electron chi connectivity index (χ2n) is 9.45. The Bertz CT molecular complexity index is 990. The van der Waals surface area contributed by atoms with Gasteiger partial charge in [-0.15, -0.1) is 0 Å². The Morgan fingerprint density at radius 1 is 0.971 bits per heavy atom. The van der Waals surface area contributed by atoms with Gasteiger partial charge in [-0.05, 0) is 53.4 Å². The molecule has 7 nitrogen and oxygen atoms in total. The molecule has 0 heterocycles. The molecule has 1 aliphatic rings. The van der Waals surface area contributed by atoms with Crippen molar-refractivity contribution in [2.75, 3.05) is 13.2 Å². The molecule has 7 heteroatoms. The number of fused-ring (bicyclic) bond motifs is 3. The molecule has 3 N–H and O–H groups in total. The summed E-state index contributed by atoms with van der Waals surface area (Å²) in [6, 6.07) is 15.6. The highest BCUT2D eigenvalue weighted by atomic mass is 16.5. The summed E-state index contributed by atoms with van der Waals surface area (Å²) in [4.78, 5) is 35.7. The largest absolute Gasteiger partial charge is 0.480 e. The van der Waals surface area contributed by atoms with E-state index in [4.69, 9.17) is 9.84 Å². The Balaban J connectivity index is 1.44. The van der Waals surface area contributed by atoms with Gasteiger partial charge in [-0.3, -0.25) is 4.79 Å². The Labute approximate surface area is 207 Å². The third-order valence-corrected chi connectivity index (χ3v) is 6.85. The average Bonchev–Trinajstić information content (AvgIpc) is 3.16. The first-order valence-corrected chi connectivity index (χ1v) is 12.4. The van der Waals surface area contributed by atoms with Crippen molar-refractivity contribution in [1.29, 1.82) is 0 Å². The molecule has 0 radical (unpaired) electrons. The Morgan fingerprint density at radius 2 is 1.57 bits per heavy atom. The first-order chi connectivity index (χ1) is 16.8. The van der Waals surface area contributed by atoms with Crippen molar-refractivity contribution in [3.8, 4) is 11.1 Å². The van der Waals surface area contributed by atoms with Crippen LogP contribution in [0.4, 0.5) is 4.79 Å². The van der Waals surface area contributed by atoms with E-state index in [0.717, 1.165) is 0 Å². The Morgan fingerprint density at radius 3 is 2.11 bits per heavy atom. The average molecular weight is 481 g/mol. The molecule has 2 aromatic rings. The van der Waals surface area contributed by atoms with E-state index in [1.807, 2.05) is 24.3 Å². The van der Waals surface area contributed by atoms with Crippen LogP contribution in [0.2, 0.25) is 0 Å². The lowest BCUT2D eigenvalue weighted by atomic mass is 9.88. The number of carboxylic acid groups (broad SMARTS) is 1. The van der Waals surface area contributed by atoms with Gasteiger partial charge in [0.2, 0.25) is 5.91 Å².